The van der Waals surface area contributed by atoms with Crippen molar-refractivity contribution < 1.29 is 13.2 Å². The molecule has 0 bridgehead atoms. The van der Waals surface area contributed by atoms with Crippen LogP contribution in [0.15, 0.2) is 45.6 Å². The minimum Gasteiger partial charge on any atom is -0.296 e. The first-order valence-corrected chi connectivity index (χ1v) is 12.5. The van der Waals surface area contributed by atoms with Crippen molar-refractivity contribution >= 4 is 49.8 Å². The van der Waals surface area contributed by atoms with Gasteiger partial charge in [-0.05, 0) is 61.4 Å². The second-order valence-corrected chi connectivity index (χ2v) is 10.8. The van der Waals surface area contributed by atoms with Gasteiger partial charge in [-0.3, -0.25) is 14.8 Å². The van der Waals surface area contributed by atoms with Crippen molar-refractivity contribution in [3.8, 4) is 0 Å². The number of rotatable bonds is 7. The number of hydrogen-bond donors (Lipinski definition) is 2. The quantitative estimate of drug-likeness (QED) is 0.392. The number of thioether (sulfide) groups is 1. The molecule has 10 heteroatoms. The summed E-state index contributed by atoms with van der Waals surface area (Å²) in [7, 11) is -3.87. The fourth-order valence-corrected chi connectivity index (χ4v) is 5.73. The van der Waals surface area contributed by atoms with Crippen LogP contribution in [0.3, 0.4) is 0 Å². The molecular weight excluding hydrogens is 440 g/mol. The molecule has 0 atom stereocenters. The van der Waals surface area contributed by atoms with Crippen molar-refractivity contribution in [2.45, 2.75) is 36.9 Å². The highest BCUT2D eigenvalue weighted by molar-refractivity contribution is 8.01. The van der Waals surface area contributed by atoms with E-state index in [9.17, 15) is 13.2 Å². The molecular formula is C20H22N4O3S3. The molecule has 1 heterocycles. The summed E-state index contributed by atoms with van der Waals surface area (Å²) in [5.41, 5.74) is 3.04. The van der Waals surface area contributed by atoms with Crippen LogP contribution in [0, 0.1) is 20.8 Å². The highest BCUT2D eigenvalue weighted by Gasteiger charge is 2.21. The summed E-state index contributed by atoms with van der Waals surface area (Å²) in [5.74, 6) is 0.414. The summed E-state index contributed by atoms with van der Waals surface area (Å²) in [6.45, 7) is 7.43. The SMILES string of the molecule is CCSc1nnc(NC(=O)c2ccc(C)c(S(=O)(=O)Nc3cc(C)ccc3C)c2)s1. The molecule has 0 saturated carbocycles. The summed E-state index contributed by atoms with van der Waals surface area (Å²) in [6, 6.07) is 10.1. The van der Waals surface area contributed by atoms with Crippen molar-refractivity contribution in [2.24, 2.45) is 0 Å². The van der Waals surface area contributed by atoms with Crippen molar-refractivity contribution in [1.29, 1.82) is 0 Å². The summed E-state index contributed by atoms with van der Waals surface area (Å²) < 4.78 is 29.5. The number of carbonyl (C=O) groups excluding carboxylic acids is 1. The number of nitrogens with zero attached hydrogens (tertiary/aromatic N) is 2. The summed E-state index contributed by atoms with van der Waals surface area (Å²) in [6.07, 6.45) is 0. The number of sulfonamides is 1. The fraction of sp³-hybridized carbons (Fsp3) is 0.250. The molecule has 3 aromatic rings. The Balaban J connectivity index is 1.86. The van der Waals surface area contributed by atoms with E-state index in [1.165, 1.54) is 29.2 Å². The Morgan fingerprint density at radius 1 is 1.07 bits per heavy atom. The lowest BCUT2D eigenvalue weighted by Gasteiger charge is -2.14. The minimum atomic E-state index is -3.87. The van der Waals surface area contributed by atoms with Gasteiger partial charge in [0.25, 0.3) is 15.9 Å². The topological polar surface area (TPSA) is 101 Å². The van der Waals surface area contributed by atoms with Gasteiger partial charge in [-0.2, -0.15) is 0 Å². The first-order chi connectivity index (χ1) is 14.2. The maximum Gasteiger partial charge on any atom is 0.262 e. The molecule has 30 heavy (non-hydrogen) atoms. The van der Waals surface area contributed by atoms with Crippen LogP contribution in [0.25, 0.3) is 0 Å². The molecule has 0 aliphatic heterocycles. The Labute approximate surface area is 184 Å². The van der Waals surface area contributed by atoms with Crippen molar-refractivity contribution in [3.63, 3.8) is 0 Å². The average Bonchev–Trinajstić information content (AvgIpc) is 3.12. The van der Waals surface area contributed by atoms with Crippen LogP contribution in [0.1, 0.15) is 34.0 Å². The second-order valence-electron chi connectivity index (χ2n) is 6.66. The summed E-state index contributed by atoms with van der Waals surface area (Å²) in [5, 5.41) is 11.0. The van der Waals surface area contributed by atoms with Gasteiger partial charge in [-0.25, -0.2) is 8.42 Å². The Morgan fingerprint density at radius 2 is 1.80 bits per heavy atom. The number of aryl methyl sites for hydroxylation is 3. The lowest BCUT2D eigenvalue weighted by molar-refractivity contribution is 0.102. The first kappa shape index (κ1) is 22.3. The Morgan fingerprint density at radius 3 is 2.53 bits per heavy atom. The molecule has 158 valence electrons. The third-order valence-electron chi connectivity index (χ3n) is 4.27. The van der Waals surface area contributed by atoms with Crippen LogP contribution in [0.4, 0.5) is 10.8 Å². The summed E-state index contributed by atoms with van der Waals surface area (Å²) >= 11 is 2.81. The highest BCUT2D eigenvalue weighted by atomic mass is 32.2. The zero-order valence-corrected chi connectivity index (χ0v) is 19.5. The number of benzene rings is 2. The maximum atomic E-state index is 13.0. The van der Waals surface area contributed by atoms with Gasteiger partial charge in [0.2, 0.25) is 5.13 Å². The monoisotopic (exact) mass is 462 g/mol. The van der Waals surface area contributed by atoms with E-state index in [-0.39, 0.29) is 10.5 Å². The Kier molecular flexibility index (Phi) is 6.79. The molecule has 0 spiro atoms. The molecule has 0 unspecified atom stereocenters. The van der Waals surface area contributed by atoms with E-state index in [0.717, 1.165) is 21.2 Å². The number of carbonyl (C=O) groups is 1. The van der Waals surface area contributed by atoms with E-state index in [2.05, 4.69) is 20.2 Å². The van der Waals surface area contributed by atoms with E-state index in [1.807, 2.05) is 32.9 Å². The number of hydrogen-bond acceptors (Lipinski definition) is 7. The second kappa shape index (κ2) is 9.15. The third kappa shape index (κ3) is 5.18. The van der Waals surface area contributed by atoms with Gasteiger partial charge in [0.1, 0.15) is 0 Å². The lowest BCUT2D eigenvalue weighted by atomic mass is 10.1. The zero-order valence-electron chi connectivity index (χ0n) is 17.0. The number of anilines is 2. The molecule has 0 aliphatic carbocycles. The smallest absolute Gasteiger partial charge is 0.262 e. The predicted molar refractivity (Wildman–Crippen MR) is 122 cm³/mol. The summed E-state index contributed by atoms with van der Waals surface area (Å²) in [4.78, 5) is 12.7. The first-order valence-electron chi connectivity index (χ1n) is 9.18. The normalized spacial score (nSPS) is 11.3. The van der Waals surface area contributed by atoms with Crippen LogP contribution < -0.4 is 10.0 Å². The van der Waals surface area contributed by atoms with Crippen molar-refractivity contribution in [3.05, 3.63) is 58.7 Å². The van der Waals surface area contributed by atoms with Gasteiger partial charge in [0, 0.05) is 5.56 Å². The van der Waals surface area contributed by atoms with Crippen molar-refractivity contribution in [2.75, 3.05) is 15.8 Å². The van der Waals surface area contributed by atoms with E-state index in [4.69, 9.17) is 0 Å². The van der Waals surface area contributed by atoms with Gasteiger partial charge >= 0.3 is 0 Å². The third-order valence-corrected chi connectivity index (χ3v) is 7.63. The average molecular weight is 463 g/mol. The Bertz CT molecular complexity index is 1190. The molecule has 0 radical (unpaired) electrons. The molecule has 0 saturated heterocycles. The molecule has 1 amide bonds. The van der Waals surface area contributed by atoms with Gasteiger partial charge < -0.3 is 0 Å². The molecule has 7 nitrogen and oxygen atoms in total. The predicted octanol–water partition coefficient (Wildman–Crippen LogP) is 4.63. The molecule has 0 aliphatic rings. The van der Waals surface area contributed by atoms with Crippen molar-refractivity contribution in [1.82, 2.24) is 10.2 Å². The van der Waals surface area contributed by atoms with Crippen LogP contribution in [-0.4, -0.2) is 30.3 Å². The standard InChI is InChI=1S/C20H22N4O3S3/c1-5-28-20-23-22-19(29-20)21-18(25)15-9-8-14(4)17(11-15)30(26,27)24-16-10-12(2)6-7-13(16)3/h6-11,24H,5H2,1-4H3,(H,21,22,25). The number of aromatic nitrogens is 2. The maximum absolute atomic E-state index is 13.0. The largest absolute Gasteiger partial charge is 0.296 e. The van der Waals surface area contributed by atoms with Crippen LogP contribution in [0.5, 0.6) is 0 Å². The van der Waals surface area contributed by atoms with E-state index in [1.54, 1.807) is 25.1 Å². The van der Waals surface area contributed by atoms with E-state index < -0.39 is 15.9 Å². The Hall–Kier alpha value is -2.43. The van der Waals surface area contributed by atoms with Gasteiger partial charge in [0.15, 0.2) is 4.34 Å². The van der Waals surface area contributed by atoms with Crippen LogP contribution >= 0.6 is 23.1 Å². The van der Waals surface area contributed by atoms with Gasteiger partial charge in [-0.15, -0.1) is 10.2 Å². The molecule has 2 N–H and O–H groups in total. The zero-order chi connectivity index (χ0) is 21.9. The molecule has 1 aromatic heterocycles. The number of nitrogens with one attached hydrogen (secondary N) is 2. The van der Waals surface area contributed by atoms with E-state index in [0.29, 0.717) is 16.4 Å². The minimum absolute atomic E-state index is 0.0514. The lowest BCUT2D eigenvalue weighted by Crippen LogP contribution is -2.17. The van der Waals surface area contributed by atoms with Crippen LogP contribution in [-0.2, 0) is 10.0 Å². The van der Waals surface area contributed by atoms with Gasteiger partial charge in [0.05, 0.1) is 10.6 Å². The number of amides is 1. The fourth-order valence-electron chi connectivity index (χ4n) is 2.69. The molecule has 2 aromatic carbocycles. The molecule has 3 rings (SSSR count). The van der Waals surface area contributed by atoms with Crippen LogP contribution in [0.2, 0.25) is 0 Å². The van der Waals surface area contributed by atoms with Gasteiger partial charge in [-0.1, -0.05) is 48.2 Å². The molecule has 0 fully saturated rings. The van der Waals surface area contributed by atoms with E-state index >= 15 is 0 Å². The highest BCUT2D eigenvalue weighted by Crippen LogP contribution is 2.27.